The highest BCUT2D eigenvalue weighted by molar-refractivity contribution is 7.14. The van der Waals surface area contributed by atoms with Gasteiger partial charge in [0.05, 0.1) is 12.8 Å². The van der Waals surface area contributed by atoms with Gasteiger partial charge in [0.25, 0.3) is 5.91 Å². The number of hydrogen-bond donors (Lipinski definition) is 1. The number of carbonyl (C=O) groups is 1. The van der Waals surface area contributed by atoms with E-state index < -0.39 is 5.82 Å². The number of nitrogens with one attached hydrogen (secondary N) is 1. The van der Waals surface area contributed by atoms with Crippen molar-refractivity contribution in [3.05, 3.63) is 52.9 Å². The first-order chi connectivity index (χ1) is 11.5. The Morgan fingerprint density at radius 2 is 2.12 bits per heavy atom. The van der Waals surface area contributed by atoms with Gasteiger partial charge in [0.15, 0.2) is 16.7 Å². The normalized spacial score (nSPS) is 10.7. The molecule has 0 unspecified atom stereocenters. The van der Waals surface area contributed by atoms with Crippen LogP contribution in [0.1, 0.15) is 16.2 Å². The second-order valence-electron chi connectivity index (χ2n) is 5.26. The van der Waals surface area contributed by atoms with Crippen molar-refractivity contribution in [1.82, 2.24) is 9.55 Å². The summed E-state index contributed by atoms with van der Waals surface area (Å²) in [4.78, 5) is 16.6. The van der Waals surface area contributed by atoms with Gasteiger partial charge >= 0.3 is 0 Å². The molecule has 1 aromatic carbocycles. The van der Waals surface area contributed by atoms with Gasteiger partial charge < -0.3 is 9.30 Å². The molecule has 5 nitrogen and oxygen atoms in total. The molecule has 3 aromatic rings. The van der Waals surface area contributed by atoms with Crippen molar-refractivity contribution in [2.24, 2.45) is 7.05 Å². The summed E-state index contributed by atoms with van der Waals surface area (Å²) >= 11 is 1.29. The molecule has 0 spiro atoms. The summed E-state index contributed by atoms with van der Waals surface area (Å²) in [5.74, 6) is -0.498. The van der Waals surface area contributed by atoms with Gasteiger partial charge in [-0.1, -0.05) is 0 Å². The minimum Gasteiger partial charge on any atom is -0.494 e. The van der Waals surface area contributed by atoms with E-state index in [-0.39, 0.29) is 11.7 Å². The molecule has 0 saturated heterocycles. The lowest BCUT2D eigenvalue weighted by Gasteiger charge is -2.05. The third-order valence-electron chi connectivity index (χ3n) is 3.78. The Morgan fingerprint density at radius 1 is 1.33 bits per heavy atom. The van der Waals surface area contributed by atoms with Crippen LogP contribution in [0.4, 0.5) is 9.52 Å². The molecular formula is C17H16FN3O2S. The van der Waals surface area contributed by atoms with Gasteiger partial charge in [-0.05, 0) is 37.3 Å². The van der Waals surface area contributed by atoms with E-state index in [1.165, 1.54) is 24.5 Å². The smallest absolute Gasteiger partial charge is 0.274 e. The molecule has 24 heavy (non-hydrogen) atoms. The average molecular weight is 345 g/mol. The summed E-state index contributed by atoms with van der Waals surface area (Å²) in [6, 6.07) is 8.28. The quantitative estimate of drug-likeness (QED) is 0.781. The summed E-state index contributed by atoms with van der Waals surface area (Å²) in [5.41, 5.74) is 2.77. The van der Waals surface area contributed by atoms with Crippen molar-refractivity contribution in [2.75, 3.05) is 12.4 Å². The Kier molecular flexibility index (Phi) is 4.35. The first-order valence-corrected chi connectivity index (χ1v) is 8.10. The number of methoxy groups -OCH3 is 1. The monoisotopic (exact) mass is 345 g/mol. The number of rotatable bonds is 4. The molecule has 1 amide bonds. The fourth-order valence-electron chi connectivity index (χ4n) is 2.29. The van der Waals surface area contributed by atoms with Crippen LogP contribution in [-0.2, 0) is 7.05 Å². The maximum atomic E-state index is 13.8. The van der Waals surface area contributed by atoms with Gasteiger partial charge in [0.1, 0.15) is 5.69 Å². The highest BCUT2D eigenvalue weighted by Crippen LogP contribution is 2.28. The molecular weight excluding hydrogens is 329 g/mol. The number of hydrogen-bond acceptors (Lipinski definition) is 4. The molecule has 0 atom stereocenters. The summed E-state index contributed by atoms with van der Waals surface area (Å²) < 4.78 is 20.5. The van der Waals surface area contributed by atoms with Crippen LogP contribution in [0, 0.1) is 12.7 Å². The highest BCUT2D eigenvalue weighted by atomic mass is 32.1. The molecule has 7 heteroatoms. The zero-order valence-electron chi connectivity index (χ0n) is 13.5. The molecule has 3 rings (SSSR count). The SMILES string of the molecule is COc1ccc(-c2csc(NC(=O)c3ccc(C)n3C)n2)cc1F. The molecule has 1 N–H and O–H groups in total. The number of aryl methyl sites for hydroxylation is 1. The topological polar surface area (TPSA) is 56.1 Å². The average Bonchev–Trinajstić information content (AvgIpc) is 3.15. The van der Waals surface area contributed by atoms with Crippen LogP contribution < -0.4 is 10.1 Å². The number of aromatic nitrogens is 2. The largest absolute Gasteiger partial charge is 0.494 e. The summed E-state index contributed by atoms with van der Waals surface area (Å²) in [6.07, 6.45) is 0. The Hall–Kier alpha value is -2.67. The van der Waals surface area contributed by atoms with Crippen LogP contribution in [0.3, 0.4) is 0 Å². The lowest BCUT2D eigenvalue weighted by Crippen LogP contribution is -2.15. The zero-order chi connectivity index (χ0) is 17.3. The van der Waals surface area contributed by atoms with Crippen LogP contribution in [-0.4, -0.2) is 22.6 Å². The maximum absolute atomic E-state index is 13.8. The standard InChI is InChI=1S/C17H16FN3O2S/c1-10-4-6-14(21(10)2)16(22)20-17-19-13(9-24-17)11-5-7-15(23-3)12(18)8-11/h4-9H,1-3H3,(H,19,20,22). The van der Waals surface area contributed by atoms with Crippen molar-refractivity contribution in [2.45, 2.75) is 6.92 Å². The van der Waals surface area contributed by atoms with Crippen LogP contribution in [0.5, 0.6) is 5.75 Å². The zero-order valence-corrected chi connectivity index (χ0v) is 14.3. The third kappa shape index (κ3) is 3.03. The molecule has 0 aliphatic heterocycles. The molecule has 0 saturated carbocycles. The van der Waals surface area contributed by atoms with E-state index in [9.17, 15) is 9.18 Å². The van der Waals surface area contributed by atoms with Crippen molar-refractivity contribution in [3.8, 4) is 17.0 Å². The molecule has 0 bridgehead atoms. The number of thiazole rings is 1. The molecule has 0 fully saturated rings. The van der Waals surface area contributed by atoms with Crippen LogP contribution in [0.2, 0.25) is 0 Å². The summed E-state index contributed by atoms with van der Waals surface area (Å²) in [5, 5.41) is 5.00. The predicted molar refractivity (Wildman–Crippen MR) is 92.2 cm³/mol. The van der Waals surface area contributed by atoms with E-state index in [2.05, 4.69) is 10.3 Å². The van der Waals surface area contributed by atoms with Gasteiger partial charge in [-0.3, -0.25) is 10.1 Å². The second-order valence-corrected chi connectivity index (χ2v) is 6.12. The molecule has 2 heterocycles. The van der Waals surface area contributed by atoms with E-state index in [1.807, 2.05) is 24.6 Å². The van der Waals surface area contributed by atoms with Crippen LogP contribution >= 0.6 is 11.3 Å². The van der Waals surface area contributed by atoms with Gasteiger partial charge in [0, 0.05) is 23.7 Å². The van der Waals surface area contributed by atoms with E-state index in [0.29, 0.717) is 22.1 Å². The number of halogens is 1. The second kappa shape index (κ2) is 6.45. The Bertz CT molecular complexity index is 901. The third-order valence-corrected chi connectivity index (χ3v) is 4.54. The van der Waals surface area contributed by atoms with Gasteiger partial charge in [-0.2, -0.15) is 0 Å². The number of anilines is 1. The maximum Gasteiger partial charge on any atom is 0.274 e. The first-order valence-electron chi connectivity index (χ1n) is 7.22. The first kappa shape index (κ1) is 16.2. The number of benzene rings is 1. The molecule has 0 aliphatic rings. The summed E-state index contributed by atoms with van der Waals surface area (Å²) in [7, 11) is 3.25. The Morgan fingerprint density at radius 3 is 2.75 bits per heavy atom. The fraction of sp³-hybridized carbons (Fsp3) is 0.176. The molecule has 2 aromatic heterocycles. The van der Waals surface area contributed by atoms with E-state index in [1.54, 1.807) is 23.6 Å². The van der Waals surface area contributed by atoms with Crippen LogP contribution in [0.15, 0.2) is 35.7 Å². The Labute approximate surface area is 142 Å². The van der Waals surface area contributed by atoms with Crippen molar-refractivity contribution < 1.29 is 13.9 Å². The molecule has 0 radical (unpaired) electrons. The van der Waals surface area contributed by atoms with Crippen molar-refractivity contribution >= 4 is 22.4 Å². The number of carbonyl (C=O) groups excluding carboxylic acids is 1. The highest BCUT2D eigenvalue weighted by Gasteiger charge is 2.14. The molecule has 0 aliphatic carbocycles. The lowest BCUT2D eigenvalue weighted by atomic mass is 10.1. The minimum atomic E-state index is -0.451. The predicted octanol–water partition coefficient (Wildman–Crippen LogP) is 3.86. The Balaban J connectivity index is 1.79. The van der Waals surface area contributed by atoms with Crippen molar-refractivity contribution in [3.63, 3.8) is 0 Å². The van der Waals surface area contributed by atoms with Gasteiger partial charge in [-0.15, -0.1) is 11.3 Å². The van der Waals surface area contributed by atoms with E-state index in [4.69, 9.17) is 4.74 Å². The molecule has 124 valence electrons. The van der Waals surface area contributed by atoms with Gasteiger partial charge in [-0.25, -0.2) is 9.37 Å². The number of nitrogens with zero attached hydrogens (tertiary/aromatic N) is 2. The number of ether oxygens (including phenoxy) is 1. The summed E-state index contributed by atoms with van der Waals surface area (Å²) in [6.45, 7) is 1.93. The van der Waals surface area contributed by atoms with Gasteiger partial charge in [0.2, 0.25) is 0 Å². The van der Waals surface area contributed by atoms with Crippen LogP contribution in [0.25, 0.3) is 11.3 Å². The van der Waals surface area contributed by atoms with E-state index in [0.717, 1.165) is 5.69 Å². The number of amides is 1. The fourth-order valence-corrected chi connectivity index (χ4v) is 3.01. The van der Waals surface area contributed by atoms with E-state index >= 15 is 0 Å². The minimum absolute atomic E-state index is 0.182. The lowest BCUT2D eigenvalue weighted by molar-refractivity contribution is 0.101. The van der Waals surface area contributed by atoms with Crippen molar-refractivity contribution in [1.29, 1.82) is 0 Å².